The third kappa shape index (κ3) is 6.48. The summed E-state index contributed by atoms with van der Waals surface area (Å²) in [5.74, 6) is -1.19. The van der Waals surface area contributed by atoms with Crippen molar-refractivity contribution in [2.75, 3.05) is 13.1 Å². The van der Waals surface area contributed by atoms with Crippen LogP contribution < -0.4 is 0 Å². The van der Waals surface area contributed by atoms with Gasteiger partial charge in [0.2, 0.25) is 0 Å². The molecular weight excluding hydrogens is 854 g/mol. The van der Waals surface area contributed by atoms with Crippen molar-refractivity contribution in [3.05, 3.63) is 114 Å². The van der Waals surface area contributed by atoms with Gasteiger partial charge in [-0.25, -0.2) is 8.78 Å². The molecule has 280 valence electrons. The zero-order chi connectivity index (χ0) is 38.7. The van der Waals surface area contributed by atoms with Crippen molar-refractivity contribution in [3.8, 4) is 12.1 Å². The molecule has 8 rings (SSSR count). The Morgan fingerprint density at radius 1 is 0.722 bits per heavy atom. The Hall–Kier alpha value is -4.62. The molecule has 0 fully saturated rings. The second-order valence-corrected chi connectivity index (χ2v) is 14.8. The number of ether oxygens (including phenoxy) is 2. The summed E-state index contributed by atoms with van der Waals surface area (Å²) >= 11 is 6.25. The van der Waals surface area contributed by atoms with Crippen LogP contribution in [0.15, 0.2) is 90.4 Å². The molecule has 0 saturated heterocycles. The second kappa shape index (κ2) is 14.2. The molecule has 2 aromatic carbocycles. The van der Waals surface area contributed by atoms with Crippen LogP contribution in [0.2, 0.25) is 0 Å². The first-order chi connectivity index (χ1) is 25.7. The van der Waals surface area contributed by atoms with Gasteiger partial charge in [-0.2, -0.15) is 28.1 Å². The summed E-state index contributed by atoms with van der Waals surface area (Å²) in [5.41, 5.74) is -0.206. The van der Waals surface area contributed by atoms with Crippen LogP contribution in [-0.2, 0) is 20.6 Å². The van der Waals surface area contributed by atoms with Gasteiger partial charge in [-0.1, -0.05) is 12.1 Å². The minimum Gasteiger partial charge on any atom is -0.431 e. The highest BCUT2D eigenvalue weighted by molar-refractivity contribution is 9.10. The predicted octanol–water partition coefficient (Wildman–Crippen LogP) is 7.74. The number of aliphatic imine (C=N–C) groups is 2. The average molecular weight is 880 g/mol. The smallest absolute Gasteiger partial charge is 0.387 e. The van der Waals surface area contributed by atoms with E-state index in [1.807, 2.05) is 12.1 Å². The van der Waals surface area contributed by atoms with Crippen LogP contribution in [0.4, 0.5) is 26.3 Å². The van der Waals surface area contributed by atoms with Gasteiger partial charge in [-0.05, 0) is 80.8 Å². The number of nitriles is 2. The molecule has 0 saturated carbocycles. The van der Waals surface area contributed by atoms with E-state index in [0.29, 0.717) is 24.0 Å². The van der Waals surface area contributed by atoms with E-state index >= 15 is 0 Å². The molecule has 0 aromatic heterocycles. The Morgan fingerprint density at radius 3 is 1.46 bits per heavy atom. The second-order valence-electron chi connectivity index (χ2n) is 13.1. The predicted molar refractivity (Wildman–Crippen MR) is 186 cm³/mol. The molecule has 0 radical (unpaired) electrons. The van der Waals surface area contributed by atoms with E-state index in [4.69, 9.17) is 10.5 Å². The van der Waals surface area contributed by atoms with Gasteiger partial charge in [0, 0.05) is 35.7 Å². The van der Waals surface area contributed by atoms with Gasteiger partial charge in [-0.15, -0.1) is 0 Å². The Bertz CT molecular complexity index is 2060. The van der Waals surface area contributed by atoms with Gasteiger partial charge < -0.3 is 29.5 Å². The molecule has 2 spiro atoms. The Morgan fingerprint density at radius 2 is 1.11 bits per heavy atom. The fourth-order valence-electron chi connectivity index (χ4n) is 7.70. The molecule has 0 amide bonds. The van der Waals surface area contributed by atoms with Crippen LogP contribution in [0.5, 0.6) is 0 Å². The van der Waals surface area contributed by atoms with E-state index in [1.54, 1.807) is 21.9 Å². The average Bonchev–Trinajstić information content (AvgIpc) is 3.70. The van der Waals surface area contributed by atoms with E-state index < -0.39 is 48.1 Å². The number of amidine groups is 2. The summed E-state index contributed by atoms with van der Waals surface area (Å²) in [6, 6.07) is 10.3. The van der Waals surface area contributed by atoms with Crippen molar-refractivity contribution in [1.82, 2.24) is 9.80 Å². The number of halogens is 8. The molecular formula is C36H26Br2F6N6O4. The van der Waals surface area contributed by atoms with E-state index in [2.05, 4.69) is 51.3 Å². The number of aliphatic hydroxyl groups excluding tert-OH is 2. The standard InChI is InChI=1S/2C18H13BrF3N3O2/c2*19-11-2-1-10-14(15(11)20)12(26)3-4-18(10)8-25-7-9(6-23)5-13(16(25)24-18)27-17(21)22/h2*1-2,5,7,12,17,26H,3-4,8H2/t12-,18+;12-,18-/m01/s1. The molecule has 18 heteroatoms. The maximum atomic E-state index is 14.6. The van der Waals surface area contributed by atoms with Crippen LogP contribution >= 0.6 is 31.9 Å². The van der Waals surface area contributed by atoms with Gasteiger partial charge in [0.15, 0.2) is 23.2 Å². The highest BCUT2D eigenvalue weighted by Gasteiger charge is 2.50. The van der Waals surface area contributed by atoms with E-state index in [1.165, 1.54) is 36.7 Å². The Balaban J connectivity index is 0.000000167. The zero-order valence-electron chi connectivity index (χ0n) is 27.6. The molecule has 2 aromatic rings. The van der Waals surface area contributed by atoms with Gasteiger partial charge >= 0.3 is 13.2 Å². The molecule has 54 heavy (non-hydrogen) atoms. The van der Waals surface area contributed by atoms with Gasteiger partial charge in [-0.3, -0.25) is 9.98 Å². The number of alkyl halides is 4. The van der Waals surface area contributed by atoms with E-state index in [0.717, 1.165) is 0 Å². The highest BCUT2D eigenvalue weighted by Crippen LogP contribution is 2.50. The normalized spacial score (nSPS) is 26.2. The minimum absolute atomic E-state index is 0.153. The number of aliphatic hydroxyl groups is 2. The summed E-state index contributed by atoms with van der Waals surface area (Å²) in [4.78, 5) is 12.4. The molecule has 10 nitrogen and oxygen atoms in total. The summed E-state index contributed by atoms with van der Waals surface area (Å²) in [6.07, 6.45) is 4.83. The molecule has 0 bridgehead atoms. The van der Waals surface area contributed by atoms with E-state index in [9.17, 15) is 36.6 Å². The highest BCUT2D eigenvalue weighted by atomic mass is 79.9. The lowest BCUT2D eigenvalue weighted by molar-refractivity contribution is -0.0912. The molecule has 2 N–H and O–H groups in total. The molecule has 0 unspecified atom stereocenters. The molecule has 4 atom stereocenters. The number of benzene rings is 2. The summed E-state index contributed by atoms with van der Waals surface area (Å²) in [7, 11) is 0. The van der Waals surface area contributed by atoms with Crippen LogP contribution in [0.3, 0.4) is 0 Å². The lowest BCUT2D eigenvalue weighted by Gasteiger charge is -2.36. The molecule has 4 aliphatic heterocycles. The summed E-state index contributed by atoms with van der Waals surface area (Å²) < 4.78 is 90.1. The number of rotatable bonds is 4. The molecule has 6 aliphatic rings. The fourth-order valence-corrected chi connectivity index (χ4v) is 8.39. The van der Waals surface area contributed by atoms with Crippen molar-refractivity contribution < 1.29 is 46.0 Å². The molecule has 4 heterocycles. The van der Waals surface area contributed by atoms with Crippen molar-refractivity contribution >= 4 is 43.5 Å². The third-order valence-electron chi connectivity index (χ3n) is 9.94. The number of nitrogens with zero attached hydrogens (tertiary/aromatic N) is 6. The van der Waals surface area contributed by atoms with Crippen molar-refractivity contribution in [3.63, 3.8) is 0 Å². The summed E-state index contributed by atoms with van der Waals surface area (Å²) in [5, 5.41) is 38.9. The van der Waals surface area contributed by atoms with Gasteiger partial charge in [0.25, 0.3) is 0 Å². The lowest BCUT2D eigenvalue weighted by atomic mass is 9.75. The van der Waals surface area contributed by atoms with Crippen LogP contribution in [0.25, 0.3) is 0 Å². The van der Waals surface area contributed by atoms with Crippen LogP contribution in [0.1, 0.15) is 60.1 Å². The first kappa shape index (κ1) is 37.7. The number of allylic oxidation sites excluding steroid dienone is 4. The van der Waals surface area contributed by atoms with E-state index in [-0.39, 0.29) is 80.3 Å². The van der Waals surface area contributed by atoms with Crippen molar-refractivity contribution in [2.45, 2.75) is 62.2 Å². The maximum Gasteiger partial charge on any atom is 0.387 e. The quantitative estimate of drug-likeness (QED) is 0.298. The SMILES string of the molecule is N#CC1=CN2C[C@@]3(CC[C@@H](O)c4c3ccc(Br)c4F)N=C2C(OC(F)F)=C1.N#CC1=CN2C[C@@]3(CC[C@H](O)c4c3ccc(Br)c4F)N=C2C(OC(F)F)=C1. The van der Waals surface area contributed by atoms with Crippen LogP contribution in [0, 0.1) is 34.3 Å². The Kier molecular flexibility index (Phi) is 9.93. The minimum atomic E-state index is -3.07. The lowest BCUT2D eigenvalue weighted by Crippen LogP contribution is -2.37. The summed E-state index contributed by atoms with van der Waals surface area (Å²) in [6.45, 7) is -5.66. The maximum absolute atomic E-state index is 14.6. The topological polar surface area (TPSA) is 138 Å². The monoisotopic (exact) mass is 878 g/mol. The van der Waals surface area contributed by atoms with Gasteiger partial charge in [0.1, 0.15) is 34.9 Å². The fraction of sp³-hybridized carbons (Fsp3) is 0.333. The first-order valence-electron chi connectivity index (χ1n) is 16.3. The Labute approximate surface area is 320 Å². The van der Waals surface area contributed by atoms with Crippen molar-refractivity contribution in [1.29, 1.82) is 10.5 Å². The number of hydrogen-bond acceptors (Lipinski definition) is 10. The number of hydrogen-bond donors (Lipinski definition) is 2. The molecule has 2 aliphatic carbocycles. The zero-order valence-corrected chi connectivity index (χ0v) is 30.8. The third-order valence-corrected chi connectivity index (χ3v) is 11.2. The van der Waals surface area contributed by atoms with Crippen LogP contribution in [-0.4, -0.2) is 58.0 Å². The van der Waals surface area contributed by atoms with Crippen molar-refractivity contribution in [2.24, 2.45) is 9.98 Å². The van der Waals surface area contributed by atoms with Gasteiger partial charge in [0.05, 0.1) is 45.4 Å². The number of fused-ring (bicyclic) bond motifs is 6. The first-order valence-corrected chi connectivity index (χ1v) is 17.9. The largest absolute Gasteiger partial charge is 0.431 e.